The molecule has 0 bridgehead atoms. The molecule has 0 aromatic rings. The molecule has 53 heavy (non-hydrogen) atoms. The van der Waals surface area contributed by atoms with Crippen LogP contribution in [0.1, 0.15) is 79.6 Å². The van der Waals surface area contributed by atoms with E-state index in [1.165, 1.54) is 6.92 Å². The Morgan fingerprint density at radius 2 is 1.57 bits per heavy atom. The lowest BCUT2D eigenvalue weighted by molar-refractivity contribution is -0.373. The standard InChI is InChI=1S/C39H62O14/c1-16-8-11-39(48-15-16)17(2)26-23(53-39)13-22-20-7-6-19-12-24(29(43)34(47)38(19,5)21(20)9-10-37(22,26)4)50-36-33(31(45)28(42)25(14-40)51-36)52-35-32(46)30(44)27(41)18(3)49-35/h6,16-18,20-36,40-47H,7-15H2,1-5H3/t16-,17+,18-,20+,21-,22-,23-,24-,25-,26-,27-,28-,29+,30+,31+,32-,33-,34-,35+,36-,37+,38+,39-/m0/s1. The molecule has 0 amide bonds. The predicted octanol–water partition coefficient (Wildman–Crippen LogP) is 0.332. The highest BCUT2D eigenvalue weighted by Crippen LogP contribution is 2.70. The number of ether oxygens (including phenoxy) is 6. The number of hydrogen-bond acceptors (Lipinski definition) is 14. The molecule has 0 unspecified atom stereocenters. The van der Waals surface area contributed by atoms with Crippen molar-refractivity contribution in [1.82, 2.24) is 0 Å². The minimum absolute atomic E-state index is 0.0797. The van der Waals surface area contributed by atoms with E-state index in [0.29, 0.717) is 29.6 Å². The third-order valence-corrected chi connectivity index (χ3v) is 15.8. The number of aliphatic hydroxyl groups excluding tert-OH is 8. The first kappa shape index (κ1) is 39.0. The number of rotatable bonds is 5. The molecule has 7 fully saturated rings. The van der Waals surface area contributed by atoms with Gasteiger partial charge in [0.25, 0.3) is 0 Å². The molecule has 4 heterocycles. The minimum atomic E-state index is -1.71. The van der Waals surface area contributed by atoms with Crippen LogP contribution in [-0.2, 0) is 28.4 Å². The highest BCUT2D eigenvalue weighted by atomic mass is 16.8. The van der Waals surface area contributed by atoms with E-state index in [-0.39, 0.29) is 23.9 Å². The summed E-state index contributed by atoms with van der Waals surface area (Å²) in [7, 11) is 0. The Balaban J connectivity index is 1.01. The van der Waals surface area contributed by atoms with E-state index in [1.54, 1.807) is 0 Å². The molecule has 23 atom stereocenters. The van der Waals surface area contributed by atoms with Gasteiger partial charge in [-0.05, 0) is 80.5 Å². The van der Waals surface area contributed by atoms with Crippen molar-refractivity contribution in [2.45, 2.75) is 171 Å². The summed E-state index contributed by atoms with van der Waals surface area (Å²) in [6.07, 6.45) is -9.88. The maximum Gasteiger partial charge on any atom is 0.187 e. The van der Waals surface area contributed by atoms with E-state index >= 15 is 0 Å². The summed E-state index contributed by atoms with van der Waals surface area (Å²) in [4.78, 5) is 0. The van der Waals surface area contributed by atoms with Crippen LogP contribution in [0.3, 0.4) is 0 Å². The van der Waals surface area contributed by atoms with Crippen LogP contribution in [0.5, 0.6) is 0 Å². The maximum atomic E-state index is 12.1. The molecule has 8 aliphatic rings. The summed E-state index contributed by atoms with van der Waals surface area (Å²) in [6, 6.07) is 0. The number of hydrogen-bond donors (Lipinski definition) is 8. The quantitative estimate of drug-likeness (QED) is 0.178. The van der Waals surface area contributed by atoms with Gasteiger partial charge in [0.2, 0.25) is 0 Å². The largest absolute Gasteiger partial charge is 0.394 e. The van der Waals surface area contributed by atoms with Gasteiger partial charge in [0.1, 0.15) is 48.8 Å². The van der Waals surface area contributed by atoms with Gasteiger partial charge in [-0.15, -0.1) is 0 Å². The fraction of sp³-hybridized carbons (Fsp3) is 0.949. The molecule has 8 rings (SSSR count). The summed E-state index contributed by atoms with van der Waals surface area (Å²) < 4.78 is 37.1. The van der Waals surface area contributed by atoms with Gasteiger partial charge in [-0.3, -0.25) is 0 Å². The van der Waals surface area contributed by atoms with Gasteiger partial charge < -0.3 is 69.3 Å². The van der Waals surface area contributed by atoms with E-state index in [1.807, 2.05) is 0 Å². The average molecular weight is 755 g/mol. The highest BCUT2D eigenvalue weighted by Gasteiger charge is 2.70. The van der Waals surface area contributed by atoms with Crippen LogP contribution in [0.25, 0.3) is 0 Å². The molecule has 0 radical (unpaired) electrons. The van der Waals surface area contributed by atoms with Crippen LogP contribution in [-0.4, -0.2) is 146 Å². The zero-order chi connectivity index (χ0) is 37.9. The van der Waals surface area contributed by atoms with Gasteiger partial charge in [-0.2, -0.15) is 0 Å². The summed E-state index contributed by atoms with van der Waals surface area (Å²) in [5.41, 5.74) is 0.356. The number of allylic oxidation sites excluding steroid dienone is 1. The topological polar surface area (TPSA) is 217 Å². The minimum Gasteiger partial charge on any atom is -0.394 e. The summed E-state index contributed by atoms with van der Waals surface area (Å²) in [5, 5.41) is 86.8. The molecule has 8 N–H and O–H groups in total. The van der Waals surface area contributed by atoms with Gasteiger partial charge >= 0.3 is 0 Å². The first-order valence-electron chi connectivity index (χ1n) is 20.1. The molecule has 4 saturated heterocycles. The van der Waals surface area contributed by atoms with Crippen molar-refractivity contribution in [2.24, 2.45) is 46.3 Å². The van der Waals surface area contributed by atoms with Crippen molar-refractivity contribution in [3.63, 3.8) is 0 Å². The molecule has 3 saturated carbocycles. The Kier molecular flexibility index (Phi) is 10.3. The summed E-state index contributed by atoms with van der Waals surface area (Å²) >= 11 is 0. The lowest BCUT2D eigenvalue weighted by atomic mass is 9.46. The van der Waals surface area contributed by atoms with Crippen LogP contribution in [0, 0.1) is 46.3 Å². The van der Waals surface area contributed by atoms with Crippen molar-refractivity contribution in [3.05, 3.63) is 11.6 Å². The lowest BCUT2D eigenvalue weighted by Crippen LogP contribution is -2.66. The van der Waals surface area contributed by atoms with Crippen LogP contribution < -0.4 is 0 Å². The molecule has 14 heteroatoms. The first-order chi connectivity index (χ1) is 25.1. The average Bonchev–Trinajstić information content (AvgIpc) is 3.58. The van der Waals surface area contributed by atoms with Crippen LogP contribution in [0.15, 0.2) is 11.6 Å². The molecule has 14 nitrogen and oxygen atoms in total. The van der Waals surface area contributed by atoms with Crippen molar-refractivity contribution in [1.29, 1.82) is 0 Å². The fourth-order valence-electron chi connectivity index (χ4n) is 12.6. The summed E-state index contributed by atoms with van der Waals surface area (Å²) in [5.74, 6) is 1.61. The smallest absolute Gasteiger partial charge is 0.187 e. The SMILES string of the molecule is C[C@H]1CC[C@]2(OC1)O[C@H]1C[C@H]3[C@@H]4CC=C5C[C@H](O[C@H]6O[C@@H](CO)[C@H](O)[C@@H](O)[C@@H]6O[C@H]6O[C@@H](C)[C@H](O)[C@@H](O)[C@@H]6O)[C@@H](O)[C@H](O)[C@@]5(C)[C@H]4CC[C@@]3(C)[C@H]1[C@H]2C. The van der Waals surface area contributed by atoms with Crippen molar-refractivity contribution in [3.8, 4) is 0 Å². The Hall–Kier alpha value is -0.820. The second-order valence-corrected chi connectivity index (χ2v) is 18.4. The molecule has 4 aliphatic carbocycles. The summed E-state index contributed by atoms with van der Waals surface area (Å²) in [6.45, 7) is 10.6. The Morgan fingerprint density at radius 1 is 0.811 bits per heavy atom. The van der Waals surface area contributed by atoms with E-state index in [9.17, 15) is 40.9 Å². The van der Waals surface area contributed by atoms with Crippen LogP contribution in [0.4, 0.5) is 0 Å². The zero-order valence-electron chi connectivity index (χ0n) is 31.5. The van der Waals surface area contributed by atoms with Gasteiger partial charge in [-0.1, -0.05) is 39.3 Å². The van der Waals surface area contributed by atoms with Crippen LogP contribution in [0.2, 0.25) is 0 Å². The van der Waals surface area contributed by atoms with Crippen molar-refractivity contribution in [2.75, 3.05) is 13.2 Å². The number of fused-ring (bicyclic) bond motifs is 7. The second-order valence-electron chi connectivity index (χ2n) is 18.4. The second kappa shape index (κ2) is 13.9. The lowest BCUT2D eigenvalue weighted by Gasteiger charge is -2.60. The third-order valence-electron chi connectivity index (χ3n) is 15.8. The fourth-order valence-corrected chi connectivity index (χ4v) is 12.6. The monoisotopic (exact) mass is 754 g/mol. The van der Waals surface area contributed by atoms with E-state index in [0.717, 1.165) is 50.7 Å². The molecule has 0 aromatic carbocycles. The number of aliphatic hydroxyl groups is 8. The van der Waals surface area contributed by atoms with Gasteiger partial charge in [0.05, 0.1) is 37.6 Å². The van der Waals surface area contributed by atoms with Crippen molar-refractivity contribution >= 4 is 0 Å². The predicted molar refractivity (Wildman–Crippen MR) is 184 cm³/mol. The van der Waals surface area contributed by atoms with Gasteiger partial charge in [0, 0.05) is 17.8 Å². The molecular formula is C39H62O14. The first-order valence-corrected chi connectivity index (χ1v) is 20.1. The van der Waals surface area contributed by atoms with E-state index < -0.39 is 97.5 Å². The Bertz CT molecular complexity index is 1370. The zero-order valence-corrected chi connectivity index (χ0v) is 31.5. The third kappa shape index (κ3) is 5.87. The maximum absolute atomic E-state index is 12.1. The Morgan fingerprint density at radius 3 is 2.26 bits per heavy atom. The molecular weight excluding hydrogens is 692 g/mol. The normalized spacial score (nSPS) is 59.5. The molecule has 4 aliphatic heterocycles. The van der Waals surface area contributed by atoms with Gasteiger partial charge in [-0.25, -0.2) is 0 Å². The molecule has 1 spiro atoms. The van der Waals surface area contributed by atoms with E-state index in [4.69, 9.17) is 28.4 Å². The molecule has 302 valence electrons. The van der Waals surface area contributed by atoms with Gasteiger partial charge in [0.15, 0.2) is 18.4 Å². The van der Waals surface area contributed by atoms with Crippen LogP contribution >= 0.6 is 0 Å². The van der Waals surface area contributed by atoms with E-state index in [2.05, 4.69) is 33.8 Å². The van der Waals surface area contributed by atoms with Crippen molar-refractivity contribution < 1.29 is 69.3 Å². The molecule has 0 aromatic heterocycles. The Labute approximate surface area is 311 Å². The highest BCUT2D eigenvalue weighted by molar-refractivity contribution is 5.30.